The van der Waals surface area contributed by atoms with Crippen molar-refractivity contribution < 1.29 is 19.8 Å². The fraction of sp³-hybridized carbons (Fsp3) is 0.300. The molecule has 0 saturated heterocycles. The number of aliphatic hydroxyl groups is 1. The number of carbonyl (C=O) groups excluding carboxylic acids is 1. The van der Waals surface area contributed by atoms with Gasteiger partial charge in [-0.3, -0.25) is 9.82 Å². The molecule has 1 aromatic rings. The molecule has 4 N–H and O–H groups in total. The maximum atomic E-state index is 11.0. The maximum Gasteiger partial charge on any atom is 0.359 e. The molecule has 8 heteroatoms. The van der Waals surface area contributed by atoms with Crippen LogP contribution < -0.4 is 10.9 Å². The summed E-state index contributed by atoms with van der Waals surface area (Å²) in [5, 5.41) is 22.5. The number of pyridine rings is 1. The van der Waals surface area contributed by atoms with Gasteiger partial charge in [0.2, 0.25) is 0 Å². The van der Waals surface area contributed by atoms with Crippen molar-refractivity contribution in [2.45, 2.75) is 13.5 Å². The summed E-state index contributed by atoms with van der Waals surface area (Å²) in [7, 11) is 1.28. The Bertz CT molecular complexity index is 461. The SMILES string of the molecule is CONC(=O)N/N=C\c1c(CO)cnc(C)c1O. The molecule has 1 heterocycles. The Hall–Kier alpha value is -2.19. The van der Waals surface area contributed by atoms with E-state index >= 15 is 0 Å². The molecule has 0 atom stereocenters. The van der Waals surface area contributed by atoms with Gasteiger partial charge in [0.15, 0.2) is 0 Å². The van der Waals surface area contributed by atoms with E-state index in [2.05, 4.69) is 20.3 Å². The van der Waals surface area contributed by atoms with Gasteiger partial charge < -0.3 is 10.2 Å². The maximum absolute atomic E-state index is 11.0. The number of hydrogen-bond acceptors (Lipinski definition) is 6. The minimum atomic E-state index is -0.662. The fourth-order valence-electron chi connectivity index (χ4n) is 1.19. The van der Waals surface area contributed by atoms with Crippen LogP contribution in [0.2, 0.25) is 0 Å². The number of urea groups is 1. The summed E-state index contributed by atoms with van der Waals surface area (Å²) < 4.78 is 0. The lowest BCUT2D eigenvalue weighted by molar-refractivity contribution is 0.108. The topological polar surface area (TPSA) is 116 Å². The Morgan fingerprint density at radius 2 is 2.39 bits per heavy atom. The molecule has 0 radical (unpaired) electrons. The lowest BCUT2D eigenvalue weighted by Crippen LogP contribution is -2.31. The van der Waals surface area contributed by atoms with Gasteiger partial charge in [-0.2, -0.15) is 5.10 Å². The first-order chi connectivity index (χ1) is 8.60. The number of rotatable bonds is 4. The number of amides is 2. The average molecular weight is 254 g/mol. The molecule has 0 spiro atoms. The summed E-state index contributed by atoms with van der Waals surface area (Å²) in [4.78, 5) is 19.2. The quantitative estimate of drug-likeness (QED) is 0.438. The molecule has 1 rings (SSSR count). The van der Waals surface area contributed by atoms with E-state index in [0.717, 1.165) is 0 Å². The van der Waals surface area contributed by atoms with Crippen LogP contribution >= 0.6 is 0 Å². The van der Waals surface area contributed by atoms with Crippen molar-refractivity contribution in [3.05, 3.63) is 23.0 Å². The van der Waals surface area contributed by atoms with Crippen LogP contribution in [0.1, 0.15) is 16.8 Å². The minimum absolute atomic E-state index is 0.0979. The van der Waals surface area contributed by atoms with E-state index in [1.165, 1.54) is 19.5 Å². The first-order valence-corrected chi connectivity index (χ1v) is 5.00. The molecule has 2 amide bonds. The average Bonchev–Trinajstić information content (AvgIpc) is 2.35. The molecule has 0 aromatic carbocycles. The minimum Gasteiger partial charge on any atom is -0.505 e. The van der Waals surface area contributed by atoms with Crippen LogP contribution in [0, 0.1) is 6.92 Å². The highest BCUT2D eigenvalue weighted by Gasteiger charge is 2.09. The Morgan fingerprint density at radius 1 is 1.67 bits per heavy atom. The lowest BCUT2D eigenvalue weighted by Gasteiger charge is -2.07. The van der Waals surface area contributed by atoms with Gasteiger partial charge in [0.1, 0.15) is 5.75 Å². The number of hydrogen-bond donors (Lipinski definition) is 4. The van der Waals surface area contributed by atoms with Gasteiger partial charge in [0.25, 0.3) is 0 Å². The second kappa shape index (κ2) is 6.52. The van der Waals surface area contributed by atoms with Crippen LogP contribution in [-0.2, 0) is 11.4 Å². The zero-order chi connectivity index (χ0) is 13.5. The zero-order valence-electron chi connectivity index (χ0n) is 9.97. The van der Waals surface area contributed by atoms with Crippen LogP contribution in [0.3, 0.4) is 0 Å². The van der Waals surface area contributed by atoms with Crippen LogP contribution in [-0.4, -0.2) is 34.6 Å². The normalized spacial score (nSPS) is 10.6. The molecule has 0 aliphatic rings. The summed E-state index contributed by atoms with van der Waals surface area (Å²) in [6.07, 6.45) is 2.64. The van der Waals surface area contributed by atoms with Crippen molar-refractivity contribution in [2.75, 3.05) is 7.11 Å². The van der Waals surface area contributed by atoms with Gasteiger partial charge in [-0.05, 0) is 6.92 Å². The van der Waals surface area contributed by atoms with Gasteiger partial charge in [-0.15, -0.1) is 0 Å². The summed E-state index contributed by atoms with van der Waals surface area (Å²) >= 11 is 0. The number of aromatic hydroxyl groups is 1. The number of aliphatic hydroxyl groups excluding tert-OH is 1. The number of nitrogens with zero attached hydrogens (tertiary/aromatic N) is 2. The predicted octanol–water partition coefficient (Wildman–Crippen LogP) is -0.218. The second-order valence-corrected chi connectivity index (χ2v) is 3.29. The van der Waals surface area contributed by atoms with Crippen LogP contribution in [0.15, 0.2) is 11.3 Å². The van der Waals surface area contributed by atoms with Gasteiger partial charge in [0, 0.05) is 17.3 Å². The monoisotopic (exact) mass is 254 g/mol. The summed E-state index contributed by atoms with van der Waals surface area (Å²) in [5.41, 5.74) is 5.20. The van der Waals surface area contributed by atoms with E-state index < -0.39 is 6.03 Å². The number of hydroxylamine groups is 1. The summed E-state index contributed by atoms with van der Waals surface area (Å²) in [6.45, 7) is 1.31. The molecule has 0 aliphatic carbocycles. The van der Waals surface area contributed by atoms with Gasteiger partial charge >= 0.3 is 6.03 Å². The van der Waals surface area contributed by atoms with Gasteiger partial charge in [0.05, 0.1) is 25.6 Å². The molecule has 0 fully saturated rings. The molecular weight excluding hydrogens is 240 g/mol. The first kappa shape index (κ1) is 13.9. The van der Waals surface area contributed by atoms with Crippen molar-refractivity contribution in [3.63, 3.8) is 0 Å². The third-order valence-corrected chi connectivity index (χ3v) is 2.08. The van der Waals surface area contributed by atoms with Crippen molar-refractivity contribution in [3.8, 4) is 5.75 Å². The van der Waals surface area contributed by atoms with Gasteiger partial charge in [-0.25, -0.2) is 15.7 Å². The van der Waals surface area contributed by atoms with Crippen molar-refractivity contribution in [1.82, 2.24) is 15.9 Å². The Morgan fingerprint density at radius 3 is 3.00 bits per heavy atom. The van der Waals surface area contributed by atoms with Crippen LogP contribution in [0.5, 0.6) is 5.75 Å². The number of carbonyl (C=O) groups is 1. The van der Waals surface area contributed by atoms with Crippen LogP contribution in [0.25, 0.3) is 0 Å². The second-order valence-electron chi connectivity index (χ2n) is 3.29. The molecule has 18 heavy (non-hydrogen) atoms. The van der Waals surface area contributed by atoms with E-state index in [-0.39, 0.29) is 12.4 Å². The number of nitrogens with one attached hydrogen (secondary N) is 2. The standard InChI is InChI=1S/C10H14N4O4/c1-6-9(16)8(7(5-15)3-11-6)4-12-13-10(17)14-18-2/h3-4,15-16H,5H2,1-2H3,(H2,13,14,17)/b12-4-. The van der Waals surface area contributed by atoms with Crippen LogP contribution in [0.4, 0.5) is 4.79 Å². The Balaban J connectivity index is 2.86. The number of hydrazone groups is 1. The zero-order valence-corrected chi connectivity index (χ0v) is 9.97. The van der Waals surface area contributed by atoms with Gasteiger partial charge in [-0.1, -0.05) is 0 Å². The molecule has 98 valence electrons. The number of aromatic nitrogens is 1. The molecule has 1 aromatic heterocycles. The lowest BCUT2D eigenvalue weighted by atomic mass is 10.1. The predicted molar refractivity (Wildman–Crippen MR) is 62.8 cm³/mol. The van der Waals surface area contributed by atoms with E-state index in [4.69, 9.17) is 5.11 Å². The Kier molecular flexibility index (Phi) is 5.03. The molecule has 0 saturated carbocycles. The van der Waals surface area contributed by atoms with E-state index in [0.29, 0.717) is 16.8 Å². The largest absolute Gasteiger partial charge is 0.505 e. The smallest absolute Gasteiger partial charge is 0.359 e. The van der Waals surface area contributed by atoms with E-state index in [9.17, 15) is 9.90 Å². The summed E-state index contributed by atoms with van der Waals surface area (Å²) in [6, 6.07) is -0.662. The molecule has 0 unspecified atom stereocenters. The van der Waals surface area contributed by atoms with E-state index in [1.807, 2.05) is 5.48 Å². The third-order valence-electron chi connectivity index (χ3n) is 2.08. The highest BCUT2D eigenvalue weighted by molar-refractivity contribution is 5.86. The van der Waals surface area contributed by atoms with Crippen molar-refractivity contribution in [2.24, 2.45) is 5.10 Å². The number of aryl methyl sites for hydroxylation is 1. The molecule has 0 aliphatic heterocycles. The fourth-order valence-corrected chi connectivity index (χ4v) is 1.19. The summed E-state index contributed by atoms with van der Waals surface area (Å²) in [5.74, 6) is -0.0979. The molecular formula is C10H14N4O4. The third kappa shape index (κ3) is 3.40. The molecule has 8 nitrogen and oxygen atoms in total. The van der Waals surface area contributed by atoms with E-state index in [1.54, 1.807) is 6.92 Å². The highest BCUT2D eigenvalue weighted by Crippen LogP contribution is 2.21. The Labute approximate surface area is 103 Å². The first-order valence-electron chi connectivity index (χ1n) is 5.00. The molecule has 0 bridgehead atoms. The van der Waals surface area contributed by atoms with Crippen molar-refractivity contribution >= 4 is 12.2 Å². The highest BCUT2D eigenvalue weighted by atomic mass is 16.6. The van der Waals surface area contributed by atoms with Crippen molar-refractivity contribution in [1.29, 1.82) is 0 Å².